The topological polar surface area (TPSA) is 268 Å². The number of carboxylic acid groups (broad SMARTS) is 2. The van der Waals surface area contributed by atoms with Crippen molar-refractivity contribution in [2.24, 2.45) is 0 Å². The number of aliphatic hydroxyl groups is 2. The van der Waals surface area contributed by atoms with Gasteiger partial charge in [-0.3, -0.25) is 33.2 Å². The van der Waals surface area contributed by atoms with Gasteiger partial charge >= 0.3 is 41.5 Å². The SMILES string of the molecule is CCCCCCCCN(CC(O)CN(CCCCCCCC)C(=O)CC(C(=O)O)S(=O)(=O)O)CC(O)CN(CCCCCCCC)C(=O)CC(C(=O)O)S(=O)(=O)O.[NaH]. The third-order valence-corrected chi connectivity index (χ3v) is 12.1. The van der Waals surface area contributed by atoms with Crippen molar-refractivity contribution in [3.05, 3.63) is 0 Å². The summed E-state index contributed by atoms with van der Waals surface area (Å²) in [6.07, 6.45) is 11.5. The Morgan fingerprint density at radius 1 is 0.466 bits per heavy atom. The molecule has 4 atom stereocenters. The number of carbonyl (C=O) groups excluding carboxylic acids is 2. The predicted octanol–water partition coefficient (Wildman–Crippen LogP) is 3.56. The van der Waals surface area contributed by atoms with Crippen molar-refractivity contribution >= 4 is 73.5 Å². The van der Waals surface area contributed by atoms with E-state index in [2.05, 4.69) is 20.8 Å². The van der Waals surface area contributed by atoms with Gasteiger partial charge in [0.15, 0.2) is 10.5 Å². The summed E-state index contributed by atoms with van der Waals surface area (Å²) in [5.41, 5.74) is 0. The Labute approximate surface area is 369 Å². The first-order valence-corrected chi connectivity index (χ1v) is 23.8. The van der Waals surface area contributed by atoms with Gasteiger partial charge in [-0.05, 0) is 25.8 Å². The van der Waals surface area contributed by atoms with E-state index in [1.165, 1.54) is 9.80 Å². The Kier molecular flexibility index (Phi) is 33.6. The Morgan fingerprint density at radius 3 is 1.02 bits per heavy atom. The summed E-state index contributed by atoms with van der Waals surface area (Å²) >= 11 is 0. The van der Waals surface area contributed by atoms with Crippen LogP contribution in [0, 0.1) is 0 Å². The van der Waals surface area contributed by atoms with Gasteiger partial charge in [-0.2, -0.15) is 16.8 Å². The molecule has 0 radical (unpaired) electrons. The molecule has 0 fully saturated rings. The first-order valence-electron chi connectivity index (χ1n) is 20.8. The molecule has 0 rings (SSSR count). The number of aliphatic hydroxyl groups excluding tert-OH is 2. The van der Waals surface area contributed by atoms with Gasteiger partial charge in [0.05, 0.1) is 25.0 Å². The molecule has 58 heavy (non-hydrogen) atoms. The minimum atomic E-state index is -5.10. The fraction of sp³-hybridized carbons (Fsp3) is 0.895. The molecule has 2 amide bonds. The monoisotopic (exact) mass is 883 g/mol. The van der Waals surface area contributed by atoms with E-state index in [4.69, 9.17) is 0 Å². The second-order valence-electron chi connectivity index (χ2n) is 15.1. The van der Waals surface area contributed by atoms with Crippen LogP contribution in [0.5, 0.6) is 0 Å². The van der Waals surface area contributed by atoms with Gasteiger partial charge in [-0.15, -0.1) is 0 Å². The minimum absolute atomic E-state index is 0. The summed E-state index contributed by atoms with van der Waals surface area (Å²) in [6, 6.07) is 0. The van der Waals surface area contributed by atoms with Crippen LogP contribution in [0.2, 0.25) is 0 Å². The first kappa shape index (κ1) is 58.7. The van der Waals surface area contributed by atoms with E-state index in [-0.39, 0.29) is 68.8 Å². The molecular weight excluding hydrogens is 810 g/mol. The molecule has 6 N–H and O–H groups in total. The molecule has 0 saturated heterocycles. The molecule has 0 heterocycles. The number of carbonyl (C=O) groups is 4. The first-order chi connectivity index (χ1) is 26.8. The van der Waals surface area contributed by atoms with E-state index in [0.717, 1.165) is 96.3 Å². The van der Waals surface area contributed by atoms with Crippen molar-refractivity contribution in [1.82, 2.24) is 14.7 Å². The molecule has 338 valence electrons. The predicted molar refractivity (Wildman–Crippen MR) is 224 cm³/mol. The maximum absolute atomic E-state index is 13.3. The van der Waals surface area contributed by atoms with Crippen LogP contribution in [-0.2, 0) is 39.4 Å². The molecular formula is C38H74N3NaO14S2. The number of aliphatic carboxylic acids is 2. The second-order valence-corrected chi connectivity index (χ2v) is 18.3. The van der Waals surface area contributed by atoms with E-state index in [1.807, 2.05) is 0 Å². The Bertz CT molecular complexity index is 1280. The zero-order valence-electron chi connectivity index (χ0n) is 34.5. The molecule has 0 aromatic carbocycles. The van der Waals surface area contributed by atoms with Crippen molar-refractivity contribution in [1.29, 1.82) is 0 Å². The number of carboxylic acids is 2. The van der Waals surface area contributed by atoms with Gasteiger partial charge < -0.3 is 30.2 Å². The number of nitrogens with zero attached hydrogens (tertiary/aromatic N) is 3. The van der Waals surface area contributed by atoms with Crippen LogP contribution >= 0.6 is 0 Å². The number of hydrogen-bond donors (Lipinski definition) is 6. The zero-order chi connectivity index (χ0) is 43.4. The number of unbranched alkanes of at least 4 members (excludes halogenated alkanes) is 15. The van der Waals surface area contributed by atoms with Crippen molar-refractivity contribution < 1.29 is 65.5 Å². The van der Waals surface area contributed by atoms with E-state index in [9.17, 15) is 65.5 Å². The molecule has 0 aliphatic carbocycles. The Hall–Kier alpha value is -1.42. The number of rotatable bonds is 37. The molecule has 0 aromatic rings. The van der Waals surface area contributed by atoms with Crippen LogP contribution < -0.4 is 0 Å². The summed E-state index contributed by atoms with van der Waals surface area (Å²) in [7, 11) is -10.2. The Morgan fingerprint density at radius 2 is 0.741 bits per heavy atom. The van der Waals surface area contributed by atoms with Crippen molar-refractivity contribution in [3.8, 4) is 0 Å². The molecule has 20 heteroatoms. The third kappa shape index (κ3) is 28.2. The fourth-order valence-corrected chi connectivity index (χ4v) is 7.83. The van der Waals surface area contributed by atoms with Crippen molar-refractivity contribution in [2.45, 2.75) is 172 Å². The molecule has 0 aromatic heterocycles. The van der Waals surface area contributed by atoms with Crippen LogP contribution in [-0.4, -0.2) is 183 Å². The van der Waals surface area contributed by atoms with Crippen LogP contribution in [0.1, 0.15) is 149 Å². The molecule has 0 bridgehead atoms. The second kappa shape index (κ2) is 33.2. The summed E-state index contributed by atoms with van der Waals surface area (Å²) < 4.78 is 65.9. The van der Waals surface area contributed by atoms with E-state index >= 15 is 0 Å². The van der Waals surface area contributed by atoms with E-state index in [0.29, 0.717) is 25.8 Å². The summed E-state index contributed by atoms with van der Waals surface area (Å²) in [6.45, 7) is 6.15. The molecule has 17 nitrogen and oxygen atoms in total. The van der Waals surface area contributed by atoms with Crippen molar-refractivity contribution in [3.63, 3.8) is 0 Å². The zero-order valence-corrected chi connectivity index (χ0v) is 36.1. The van der Waals surface area contributed by atoms with Crippen LogP contribution in [0.3, 0.4) is 0 Å². The molecule has 0 saturated carbocycles. The van der Waals surface area contributed by atoms with Gasteiger partial charge in [0.1, 0.15) is 0 Å². The van der Waals surface area contributed by atoms with Gasteiger partial charge in [0.2, 0.25) is 11.8 Å². The maximum atomic E-state index is 13.3. The number of hydrogen-bond acceptors (Lipinski definition) is 11. The molecule has 0 aliphatic heterocycles. The van der Waals surface area contributed by atoms with Crippen molar-refractivity contribution in [2.75, 3.05) is 45.8 Å². The van der Waals surface area contributed by atoms with E-state index in [1.54, 1.807) is 4.90 Å². The van der Waals surface area contributed by atoms with Gasteiger partial charge in [-0.1, -0.05) is 117 Å². The summed E-state index contributed by atoms with van der Waals surface area (Å²) in [5, 5.41) is 36.6. The van der Waals surface area contributed by atoms with E-state index < -0.39 is 79.5 Å². The molecule has 4 unspecified atom stereocenters. The van der Waals surface area contributed by atoms with Gasteiger partial charge in [0, 0.05) is 39.3 Å². The summed E-state index contributed by atoms with van der Waals surface area (Å²) in [4.78, 5) is 53.9. The summed E-state index contributed by atoms with van der Waals surface area (Å²) in [5.74, 6) is -5.51. The molecule has 0 spiro atoms. The normalized spacial score (nSPS) is 14.0. The van der Waals surface area contributed by atoms with Gasteiger partial charge in [0.25, 0.3) is 20.2 Å². The third-order valence-electron chi connectivity index (χ3n) is 9.89. The van der Waals surface area contributed by atoms with Crippen LogP contribution in [0.15, 0.2) is 0 Å². The Balaban J connectivity index is 0. The fourth-order valence-electron chi connectivity index (χ4n) is 6.61. The number of amides is 2. The standard InChI is InChI=1S/C38H73N3O14S2.Na.H/c1-4-7-10-13-16-19-22-39(27-31(42)29-40(23-20-17-14-11-8-5-2)35(44)25-33(37(46)47)56(50,51)52)28-32(43)30-41(24-21-18-15-12-9-6-3)36(45)26-34(38(48)49)57(53,54)55;;/h31-34,42-43H,4-30H2,1-3H3,(H,46,47)(H,48,49)(H,50,51,52)(H,53,54,55);;. The van der Waals surface area contributed by atoms with Crippen LogP contribution in [0.4, 0.5) is 0 Å². The quantitative estimate of drug-likeness (QED) is 0.0296. The average molecular weight is 884 g/mol. The van der Waals surface area contributed by atoms with Gasteiger partial charge in [-0.25, -0.2) is 0 Å². The van der Waals surface area contributed by atoms with Crippen LogP contribution in [0.25, 0.3) is 0 Å². The average Bonchev–Trinajstić information content (AvgIpc) is 3.11. The molecule has 0 aliphatic rings.